The molecule has 0 unspecified atom stereocenters. The number of urea groups is 1. The van der Waals surface area contributed by atoms with Crippen molar-refractivity contribution in [2.75, 3.05) is 18.4 Å². The molecule has 1 fully saturated rings. The molecular weight excluding hydrogens is 386 g/mol. The van der Waals surface area contributed by atoms with E-state index < -0.39 is 30.3 Å². The fourth-order valence-corrected chi connectivity index (χ4v) is 2.78. The van der Waals surface area contributed by atoms with Gasteiger partial charge in [-0.1, -0.05) is 29.8 Å². The van der Waals surface area contributed by atoms with E-state index in [1.54, 1.807) is 43.3 Å². The molecule has 0 aliphatic carbocycles. The highest BCUT2D eigenvalue weighted by atomic mass is 35.5. The molecule has 0 saturated carbocycles. The van der Waals surface area contributed by atoms with Crippen molar-refractivity contribution in [2.45, 2.75) is 6.92 Å². The van der Waals surface area contributed by atoms with Crippen LogP contribution in [0.5, 0.6) is 11.5 Å². The number of hydrogen-bond donors (Lipinski definition) is 1. The number of nitrogens with one attached hydrogen (secondary N) is 1. The summed E-state index contributed by atoms with van der Waals surface area (Å²) in [5.74, 6) is -1.78. The maximum absolute atomic E-state index is 12.4. The first kappa shape index (κ1) is 19.4. The maximum Gasteiger partial charge on any atom is 0.334 e. The molecule has 0 radical (unpaired) electrons. The zero-order chi connectivity index (χ0) is 20.3. The van der Waals surface area contributed by atoms with Crippen molar-refractivity contribution in [3.8, 4) is 11.5 Å². The second-order valence-corrected chi connectivity index (χ2v) is 6.26. The summed E-state index contributed by atoms with van der Waals surface area (Å²) in [7, 11) is 0. The summed E-state index contributed by atoms with van der Waals surface area (Å²) in [5, 5.41) is 2.92. The summed E-state index contributed by atoms with van der Waals surface area (Å²) < 4.78 is 5.75. The van der Waals surface area contributed by atoms with Crippen LogP contribution < -0.4 is 10.1 Å². The van der Waals surface area contributed by atoms with Gasteiger partial charge in [-0.15, -0.1) is 0 Å². The number of para-hydroxylation sites is 1. The molecule has 0 spiro atoms. The number of likely N-dealkylation sites (N-methyl/N-ethyl adjacent to an activating group) is 1. The molecule has 3 rings (SSSR count). The number of hydrogen-bond acceptors (Lipinski definition) is 5. The number of ether oxygens (including phenoxy) is 1. The third-order valence-corrected chi connectivity index (χ3v) is 4.17. The zero-order valence-electron chi connectivity index (χ0n) is 14.8. The van der Waals surface area contributed by atoms with Gasteiger partial charge in [0.25, 0.3) is 0 Å². The molecule has 8 nitrogen and oxygen atoms in total. The van der Waals surface area contributed by atoms with Crippen LogP contribution in [-0.2, 0) is 14.4 Å². The van der Waals surface area contributed by atoms with Crippen LogP contribution in [0.25, 0.3) is 0 Å². The van der Waals surface area contributed by atoms with Crippen LogP contribution in [0.4, 0.5) is 10.5 Å². The quantitative estimate of drug-likeness (QED) is 0.593. The normalized spacial score (nSPS) is 13.9. The number of carbonyl (C=O) groups excluding carboxylic acids is 4. The summed E-state index contributed by atoms with van der Waals surface area (Å²) in [6.45, 7) is 1.01. The molecule has 9 heteroatoms. The van der Waals surface area contributed by atoms with E-state index in [0.29, 0.717) is 21.4 Å². The maximum atomic E-state index is 12.4. The minimum absolute atomic E-state index is 0.0465. The Morgan fingerprint density at radius 1 is 1.04 bits per heavy atom. The molecule has 1 saturated heterocycles. The number of halogens is 1. The second-order valence-electron chi connectivity index (χ2n) is 5.83. The van der Waals surface area contributed by atoms with Crippen LogP contribution in [0.2, 0.25) is 5.02 Å². The monoisotopic (exact) mass is 401 g/mol. The van der Waals surface area contributed by atoms with Crippen LogP contribution in [-0.4, -0.2) is 46.6 Å². The summed E-state index contributed by atoms with van der Waals surface area (Å²) in [5.41, 5.74) is 0.263. The van der Waals surface area contributed by atoms with Crippen molar-refractivity contribution >= 4 is 41.0 Å². The number of anilines is 1. The summed E-state index contributed by atoms with van der Waals surface area (Å²) in [6, 6.07) is 12.8. The van der Waals surface area contributed by atoms with Gasteiger partial charge in [0.1, 0.15) is 12.3 Å². The van der Waals surface area contributed by atoms with Gasteiger partial charge in [0.15, 0.2) is 5.75 Å². The van der Waals surface area contributed by atoms with Gasteiger partial charge in [-0.25, -0.2) is 9.69 Å². The number of carbonyl (C=O) groups is 4. The molecule has 0 aromatic heterocycles. The van der Waals surface area contributed by atoms with Crippen molar-refractivity contribution < 1.29 is 23.9 Å². The Morgan fingerprint density at radius 3 is 2.36 bits per heavy atom. The fourth-order valence-electron chi connectivity index (χ4n) is 2.61. The molecule has 0 atom stereocenters. The average molecular weight is 402 g/mol. The highest BCUT2D eigenvalue weighted by Gasteiger charge is 2.44. The first-order chi connectivity index (χ1) is 13.4. The standard InChI is InChI=1S/C19H16ClN3O5/c1-2-22-17(25)18(26)23(19(22)27)11-16(24)21-14-10-12(20)8-9-15(14)28-13-6-4-3-5-7-13/h3-10H,2,11H2,1H3,(H,21,24). The molecule has 2 aromatic carbocycles. The fraction of sp³-hybridized carbons (Fsp3) is 0.158. The minimum Gasteiger partial charge on any atom is -0.455 e. The van der Waals surface area contributed by atoms with E-state index in [1.165, 1.54) is 6.07 Å². The number of amides is 5. The smallest absolute Gasteiger partial charge is 0.334 e. The number of rotatable bonds is 6. The summed E-state index contributed by atoms with van der Waals surface area (Å²) in [4.78, 5) is 49.5. The molecule has 28 heavy (non-hydrogen) atoms. The van der Waals surface area contributed by atoms with E-state index in [2.05, 4.69) is 5.32 Å². The van der Waals surface area contributed by atoms with Crippen LogP contribution in [0.1, 0.15) is 6.92 Å². The third kappa shape index (κ3) is 3.96. The van der Waals surface area contributed by atoms with E-state index in [0.717, 1.165) is 4.90 Å². The van der Waals surface area contributed by atoms with Crippen LogP contribution in [0.15, 0.2) is 48.5 Å². The van der Waals surface area contributed by atoms with Crippen molar-refractivity contribution in [3.63, 3.8) is 0 Å². The molecule has 5 amide bonds. The van der Waals surface area contributed by atoms with E-state index in [9.17, 15) is 19.2 Å². The first-order valence-corrected chi connectivity index (χ1v) is 8.78. The van der Waals surface area contributed by atoms with Gasteiger partial charge >= 0.3 is 17.8 Å². The van der Waals surface area contributed by atoms with Crippen molar-refractivity contribution in [1.29, 1.82) is 0 Å². The van der Waals surface area contributed by atoms with Gasteiger partial charge in [-0.2, -0.15) is 0 Å². The van der Waals surface area contributed by atoms with Gasteiger partial charge < -0.3 is 10.1 Å². The summed E-state index contributed by atoms with van der Waals surface area (Å²) >= 11 is 6.00. The van der Waals surface area contributed by atoms with E-state index in [-0.39, 0.29) is 12.2 Å². The van der Waals surface area contributed by atoms with Crippen LogP contribution >= 0.6 is 11.6 Å². The third-order valence-electron chi connectivity index (χ3n) is 3.94. The van der Waals surface area contributed by atoms with Crippen LogP contribution in [0.3, 0.4) is 0 Å². The van der Waals surface area contributed by atoms with Gasteiger partial charge in [0, 0.05) is 11.6 Å². The number of benzene rings is 2. The Balaban J connectivity index is 1.75. The Morgan fingerprint density at radius 2 is 1.71 bits per heavy atom. The molecule has 1 heterocycles. The lowest BCUT2D eigenvalue weighted by Crippen LogP contribution is -2.39. The Bertz CT molecular complexity index is 948. The molecule has 1 aliphatic heterocycles. The lowest BCUT2D eigenvalue weighted by Gasteiger charge is -2.16. The molecular formula is C19H16ClN3O5. The van der Waals surface area contributed by atoms with E-state index in [1.807, 2.05) is 6.07 Å². The van der Waals surface area contributed by atoms with Crippen LogP contribution in [0, 0.1) is 0 Å². The van der Waals surface area contributed by atoms with E-state index >= 15 is 0 Å². The van der Waals surface area contributed by atoms with Gasteiger partial charge in [-0.05, 0) is 37.3 Å². The minimum atomic E-state index is -1.03. The average Bonchev–Trinajstić information content (AvgIpc) is 2.87. The van der Waals surface area contributed by atoms with Gasteiger partial charge in [-0.3, -0.25) is 19.3 Å². The zero-order valence-corrected chi connectivity index (χ0v) is 15.6. The Hall–Kier alpha value is -3.39. The predicted molar refractivity (Wildman–Crippen MR) is 101 cm³/mol. The summed E-state index contributed by atoms with van der Waals surface area (Å²) in [6.07, 6.45) is 0. The second kappa shape index (κ2) is 8.10. The number of imide groups is 2. The van der Waals surface area contributed by atoms with Gasteiger partial charge in [0.2, 0.25) is 5.91 Å². The highest BCUT2D eigenvalue weighted by molar-refractivity contribution is 6.45. The molecule has 1 aliphatic rings. The molecule has 0 bridgehead atoms. The molecule has 1 N–H and O–H groups in total. The van der Waals surface area contributed by atoms with Crippen molar-refractivity contribution in [3.05, 3.63) is 53.6 Å². The first-order valence-electron chi connectivity index (χ1n) is 8.40. The Labute approximate surface area is 165 Å². The topological polar surface area (TPSA) is 96.0 Å². The van der Waals surface area contributed by atoms with Crippen molar-refractivity contribution in [2.24, 2.45) is 0 Å². The SMILES string of the molecule is CCN1C(=O)C(=O)N(CC(=O)Nc2cc(Cl)ccc2Oc2ccccc2)C1=O. The van der Waals surface area contributed by atoms with E-state index in [4.69, 9.17) is 16.3 Å². The largest absolute Gasteiger partial charge is 0.455 e. The predicted octanol–water partition coefficient (Wildman–Crippen LogP) is 2.88. The molecule has 2 aromatic rings. The molecule has 144 valence electrons. The lowest BCUT2D eigenvalue weighted by molar-refractivity contribution is -0.143. The van der Waals surface area contributed by atoms with Crippen molar-refractivity contribution in [1.82, 2.24) is 9.80 Å². The van der Waals surface area contributed by atoms with Gasteiger partial charge in [0.05, 0.1) is 5.69 Å². The highest BCUT2D eigenvalue weighted by Crippen LogP contribution is 2.32. The Kier molecular flexibility index (Phi) is 5.60. The lowest BCUT2D eigenvalue weighted by atomic mass is 10.2. The number of nitrogens with zero attached hydrogens (tertiary/aromatic N) is 2.